The molecule has 0 aromatic rings. The van der Waals surface area contributed by atoms with Crippen LogP contribution in [0, 0.1) is 0 Å². The molecule has 3 heteroatoms. The molecule has 0 aromatic heterocycles. The van der Waals surface area contributed by atoms with Gasteiger partial charge in [0, 0.05) is 26.2 Å². The van der Waals surface area contributed by atoms with Gasteiger partial charge in [0.15, 0.2) is 0 Å². The average Bonchev–Trinajstić information content (AvgIpc) is 2.27. The molecule has 0 N–H and O–H groups in total. The van der Waals surface area contributed by atoms with Gasteiger partial charge in [-0.15, -0.1) is 0 Å². The zero-order valence-electron chi connectivity index (χ0n) is 8.05. The number of amides is 2. The van der Waals surface area contributed by atoms with Crippen LogP contribution in [0.3, 0.4) is 0 Å². The van der Waals surface area contributed by atoms with E-state index in [1.54, 1.807) is 0 Å². The van der Waals surface area contributed by atoms with E-state index in [2.05, 4.69) is 0 Å². The van der Waals surface area contributed by atoms with E-state index in [-0.39, 0.29) is 6.03 Å². The molecule has 1 heterocycles. The number of urea groups is 1. The quantitative estimate of drug-likeness (QED) is 0.616. The van der Waals surface area contributed by atoms with Crippen molar-refractivity contribution in [2.45, 2.75) is 26.7 Å². The van der Waals surface area contributed by atoms with E-state index in [0.717, 1.165) is 39.0 Å². The summed E-state index contributed by atoms with van der Waals surface area (Å²) >= 11 is 0. The Bertz CT molecular complexity index is 143. The maximum atomic E-state index is 11.7. The molecule has 2 amide bonds. The van der Waals surface area contributed by atoms with E-state index >= 15 is 0 Å². The Morgan fingerprint density at radius 2 is 1.50 bits per heavy atom. The van der Waals surface area contributed by atoms with Crippen molar-refractivity contribution in [1.29, 1.82) is 0 Å². The summed E-state index contributed by atoms with van der Waals surface area (Å²) in [6.45, 7) is 7.64. The molecule has 0 saturated carbocycles. The summed E-state index contributed by atoms with van der Waals surface area (Å²) in [6, 6.07) is 0.220. The smallest absolute Gasteiger partial charge is 0.319 e. The highest BCUT2D eigenvalue weighted by atomic mass is 16.2. The predicted octanol–water partition coefficient (Wildman–Crippen LogP) is 1.54. The maximum absolute atomic E-state index is 11.7. The first-order chi connectivity index (χ1) is 5.79. The number of hydrogen-bond acceptors (Lipinski definition) is 1. The molecule has 1 rings (SSSR count). The Labute approximate surface area is 74.3 Å². The Hall–Kier alpha value is -0.730. The lowest BCUT2D eigenvalue weighted by Crippen LogP contribution is -2.41. The van der Waals surface area contributed by atoms with E-state index in [1.807, 2.05) is 23.6 Å². The molecule has 0 spiro atoms. The zero-order valence-corrected chi connectivity index (χ0v) is 8.05. The highest BCUT2D eigenvalue weighted by molar-refractivity contribution is 5.74. The summed E-state index contributed by atoms with van der Waals surface area (Å²) in [4.78, 5) is 15.5. The van der Waals surface area contributed by atoms with Crippen LogP contribution in [0.5, 0.6) is 0 Å². The van der Waals surface area contributed by atoms with E-state index in [4.69, 9.17) is 0 Å². The molecule has 70 valence electrons. The second-order valence-electron chi connectivity index (χ2n) is 3.15. The van der Waals surface area contributed by atoms with Crippen molar-refractivity contribution in [3.63, 3.8) is 0 Å². The molecule has 0 aliphatic carbocycles. The van der Waals surface area contributed by atoms with Gasteiger partial charge in [-0.05, 0) is 26.7 Å². The fourth-order valence-electron chi connectivity index (χ4n) is 1.58. The molecule has 0 aromatic carbocycles. The summed E-state index contributed by atoms with van der Waals surface area (Å²) in [5.74, 6) is 0. The molecule has 0 atom stereocenters. The first-order valence-electron chi connectivity index (χ1n) is 4.83. The molecule has 1 saturated heterocycles. The van der Waals surface area contributed by atoms with Crippen LogP contribution >= 0.6 is 0 Å². The minimum absolute atomic E-state index is 0.220. The van der Waals surface area contributed by atoms with E-state index in [0.29, 0.717) is 0 Å². The minimum Gasteiger partial charge on any atom is -0.325 e. The first-order valence-corrected chi connectivity index (χ1v) is 4.83. The number of rotatable bonds is 2. The molecule has 1 fully saturated rings. The Balaban J connectivity index is 2.59. The van der Waals surface area contributed by atoms with Crippen LogP contribution in [0.2, 0.25) is 0 Å². The molecule has 3 nitrogen and oxygen atoms in total. The van der Waals surface area contributed by atoms with Crippen molar-refractivity contribution in [2.75, 3.05) is 26.2 Å². The number of nitrogens with zero attached hydrogens (tertiary/aromatic N) is 2. The van der Waals surface area contributed by atoms with Crippen LogP contribution in [-0.2, 0) is 0 Å². The molecular formula is C9H18N2O. The summed E-state index contributed by atoms with van der Waals surface area (Å²) in [6.07, 6.45) is 2.30. The number of carbonyl (C=O) groups is 1. The van der Waals surface area contributed by atoms with Crippen molar-refractivity contribution in [1.82, 2.24) is 9.80 Å². The topological polar surface area (TPSA) is 23.6 Å². The van der Waals surface area contributed by atoms with Gasteiger partial charge >= 0.3 is 6.03 Å². The van der Waals surface area contributed by atoms with Crippen LogP contribution in [0.25, 0.3) is 0 Å². The first kappa shape index (κ1) is 9.36. The van der Waals surface area contributed by atoms with Gasteiger partial charge in [0.05, 0.1) is 0 Å². The van der Waals surface area contributed by atoms with Crippen molar-refractivity contribution in [2.24, 2.45) is 0 Å². The van der Waals surface area contributed by atoms with Crippen LogP contribution in [0.4, 0.5) is 4.79 Å². The van der Waals surface area contributed by atoms with Gasteiger partial charge in [-0.25, -0.2) is 4.79 Å². The summed E-state index contributed by atoms with van der Waals surface area (Å²) in [5, 5.41) is 0. The Kier molecular flexibility index (Phi) is 3.38. The Morgan fingerprint density at radius 1 is 1.08 bits per heavy atom. The van der Waals surface area contributed by atoms with Gasteiger partial charge in [-0.1, -0.05) is 0 Å². The standard InChI is InChI=1S/C9H18N2O/c1-3-10-7-5-6-8-11(4-2)9(10)12/h3-8H2,1-2H3. The van der Waals surface area contributed by atoms with Gasteiger partial charge < -0.3 is 9.80 Å². The minimum atomic E-state index is 0.220. The molecule has 0 unspecified atom stereocenters. The molecular weight excluding hydrogens is 152 g/mol. The van der Waals surface area contributed by atoms with Crippen LogP contribution in [0.15, 0.2) is 0 Å². The van der Waals surface area contributed by atoms with Crippen LogP contribution < -0.4 is 0 Å². The SMILES string of the molecule is CCN1CCCCN(CC)C1=O. The maximum Gasteiger partial charge on any atom is 0.319 e. The number of carbonyl (C=O) groups excluding carboxylic acids is 1. The van der Waals surface area contributed by atoms with Crippen LogP contribution in [0.1, 0.15) is 26.7 Å². The lowest BCUT2D eigenvalue weighted by atomic mass is 10.3. The van der Waals surface area contributed by atoms with Gasteiger partial charge in [-0.3, -0.25) is 0 Å². The second-order valence-corrected chi connectivity index (χ2v) is 3.15. The van der Waals surface area contributed by atoms with E-state index in [9.17, 15) is 4.79 Å². The molecule has 1 aliphatic rings. The normalized spacial score (nSPS) is 19.7. The summed E-state index contributed by atoms with van der Waals surface area (Å²) in [7, 11) is 0. The number of hydrogen-bond donors (Lipinski definition) is 0. The highest BCUT2D eigenvalue weighted by Crippen LogP contribution is 2.08. The lowest BCUT2D eigenvalue weighted by molar-refractivity contribution is 0.167. The fourth-order valence-corrected chi connectivity index (χ4v) is 1.58. The van der Waals surface area contributed by atoms with Gasteiger partial charge in [0.2, 0.25) is 0 Å². The molecule has 0 radical (unpaired) electrons. The fraction of sp³-hybridized carbons (Fsp3) is 0.889. The third-order valence-electron chi connectivity index (χ3n) is 2.41. The van der Waals surface area contributed by atoms with Gasteiger partial charge in [0.25, 0.3) is 0 Å². The predicted molar refractivity (Wildman–Crippen MR) is 49.1 cm³/mol. The third kappa shape index (κ3) is 1.90. The summed E-state index contributed by atoms with van der Waals surface area (Å²) in [5.41, 5.74) is 0. The highest BCUT2D eigenvalue weighted by Gasteiger charge is 2.20. The zero-order chi connectivity index (χ0) is 8.97. The van der Waals surface area contributed by atoms with E-state index in [1.165, 1.54) is 0 Å². The van der Waals surface area contributed by atoms with Gasteiger partial charge in [0.1, 0.15) is 0 Å². The lowest BCUT2D eigenvalue weighted by Gasteiger charge is -2.25. The largest absolute Gasteiger partial charge is 0.325 e. The summed E-state index contributed by atoms with van der Waals surface area (Å²) < 4.78 is 0. The molecule has 1 aliphatic heterocycles. The van der Waals surface area contributed by atoms with E-state index < -0.39 is 0 Å². The van der Waals surface area contributed by atoms with Crippen molar-refractivity contribution in [3.8, 4) is 0 Å². The second kappa shape index (κ2) is 4.33. The van der Waals surface area contributed by atoms with Crippen molar-refractivity contribution < 1.29 is 4.79 Å². The van der Waals surface area contributed by atoms with Gasteiger partial charge in [-0.2, -0.15) is 0 Å². The third-order valence-corrected chi connectivity index (χ3v) is 2.41. The molecule has 0 bridgehead atoms. The average molecular weight is 170 g/mol. The van der Waals surface area contributed by atoms with Crippen molar-refractivity contribution in [3.05, 3.63) is 0 Å². The monoisotopic (exact) mass is 170 g/mol. The Morgan fingerprint density at radius 3 is 1.83 bits per heavy atom. The van der Waals surface area contributed by atoms with Crippen molar-refractivity contribution >= 4 is 6.03 Å². The molecule has 12 heavy (non-hydrogen) atoms. The van der Waals surface area contributed by atoms with Crippen LogP contribution in [-0.4, -0.2) is 42.0 Å².